The third kappa shape index (κ3) is 5.13. The molecule has 0 aliphatic carbocycles. The number of likely N-dealkylation sites (N-methyl/N-ethyl adjacent to an activating group) is 1. The van der Waals surface area contributed by atoms with Crippen LogP contribution in [0, 0.1) is 0 Å². The molecule has 0 atom stereocenters. The maximum Gasteiger partial charge on any atom is 0.169 e. The lowest BCUT2D eigenvalue weighted by Gasteiger charge is -2.33. The lowest BCUT2D eigenvalue weighted by Crippen LogP contribution is -2.44. The van der Waals surface area contributed by atoms with Gasteiger partial charge in [0, 0.05) is 91.4 Å². The average Bonchev–Trinajstić information content (AvgIpc) is 2.92. The van der Waals surface area contributed by atoms with Gasteiger partial charge in [-0.15, -0.1) is 0 Å². The Bertz CT molecular complexity index is 1430. The van der Waals surface area contributed by atoms with Crippen LogP contribution in [0.25, 0.3) is 22.0 Å². The highest BCUT2D eigenvalue weighted by Gasteiger charge is 2.17. The van der Waals surface area contributed by atoms with Gasteiger partial charge in [-0.25, -0.2) is 4.98 Å². The summed E-state index contributed by atoms with van der Waals surface area (Å²) in [6.45, 7) is 5.59. The highest BCUT2D eigenvalue weighted by Crippen LogP contribution is 2.23. The van der Waals surface area contributed by atoms with Crippen molar-refractivity contribution >= 4 is 28.2 Å². The van der Waals surface area contributed by atoms with E-state index in [1.807, 2.05) is 31.2 Å². The number of aromatic nitrogens is 4. The van der Waals surface area contributed by atoms with Crippen LogP contribution in [0.2, 0.25) is 0 Å². The van der Waals surface area contributed by atoms with Crippen LogP contribution in [0.3, 0.4) is 0 Å². The van der Waals surface area contributed by atoms with Crippen LogP contribution in [-0.4, -0.2) is 69.6 Å². The van der Waals surface area contributed by atoms with Crippen molar-refractivity contribution in [2.24, 2.45) is 0 Å². The maximum absolute atomic E-state index is 13.1. The minimum atomic E-state index is 0.00360. The quantitative estimate of drug-likeness (QED) is 0.368. The molecule has 0 N–H and O–H groups in total. The third-order valence-electron chi connectivity index (χ3n) is 6.57. The van der Waals surface area contributed by atoms with E-state index in [0.717, 1.165) is 54.0 Å². The van der Waals surface area contributed by atoms with E-state index in [2.05, 4.69) is 36.8 Å². The summed E-state index contributed by atoms with van der Waals surface area (Å²) in [5.41, 5.74) is 3.40. The highest BCUT2D eigenvalue weighted by atomic mass is 16.1. The molecule has 1 saturated heterocycles. The van der Waals surface area contributed by atoms with Crippen LogP contribution in [0.15, 0.2) is 61.3 Å². The van der Waals surface area contributed by atoms with Crippen molar-refractivity contribution in [1.29, 1.82) is 0 Å². The Labute approximate surface area is 210 Å². The number of ketones is 2. The number of piperazine rings is 1. The van der Waals surface area contributed by atoms with E-state index in [0.29, 0.717) is 23.2 Å². The molecule has 0 spiro atoms. The van der Waals surface area contributed by atoms with Crippen LogP contribution in [0.5, 0.6) is 0 Å². The van der Waals surface area contributed by atoms with Crippen LogP contribution >= 0.6 is 0 Å². The van der Waals surface area contributed by atoms with Gasteiger partial charge in [-0.3, -0.25) is 24.5 Å². The van der Waals surface area contributed by atoms with Crippen LogP contribution < -0.4 is 4.90 Å². The summed E-state index contributed by atoms with van der Waals surface area (Å²) in [7, 11) is 2.11. The van der Waals surface area contributed by atoms with Crippen molar-refractivity contribution in [2.75, 3.05) is 38.1 Å². The molecular formula is C28H28N6O2. The standard InChI is InChI=1S/C28H28N6O2/c1-3-26(35)22-10-21(15-29-16-22)25-12-20-11-24(31-17-23(20)18-32-25)14-27(36)19-4-5-30-28(13-19)34-8-6-33(2)7-9-34/h4-5,10-13,15-18H,3,6-9,14H2,1-2H3. The maximum atomic E-state index is 13.1. The molecule has 36 heavy (non-hydrogen) atoms. The zero-order chi connectivity index (χ0) is 25.1. The summed E-state index contributed by atoms with van der Waals surface area (Å²) < 4.78 is 0. The fourth-order valence-corrected chi connectivity index (χ4v) is 4.34. The first-order valence-electron chi connectivity index (χ1n) is 12.2. The molecule has 0 amide bonds. The summed E-state index contributed by atoms with van der Waals surface area (Å²) in [6, 6.07) is 9.34. The molecule has 5 heterocycles. The Morgan fingerprint density at radius 2 is 1.64 bits per heavy atom. The molecule has 0 aromatic carbocycles. The van der Waals surface area contributed by atoms with Crippen LogP contribution in [0.1, 0.15) is 39.8 Å². The molecule has 5 rings (SSSR count). The number of fused-ring (bicyclic) bond motifs is 1. The van der Waals surface area contributed by atoms with Gasteiger partial charge >= 0.3 is 0 Å². The minimum absolute atomic E-state index is 0.00360. The van der Waals surface area contributed by atoms with E-state index in [4.69, 9.17) is 0 Å². The van der Waals surface area contributed by atoms with E-state index < -0.39 is 0 Å². The van der Waals surface area contributed by atoms with Crippen molar-refractivity contribution in [2.45, 2.75) is 19.8 Å². The zero-order valence-corrected chi connectivity index (χ0v) is 20.5. The SMILES string of the molecule is CCC(=O)c1cncc(-c2cc3cc(CC(=O)c4ccnc(N5CCN(C)CC5)c4)ncc3cn2)c1. The molecule has 8 heteroatoms. The van der Waals surface area contributed by atoms with E-state index in [-0.39, 0.29) is 18.0 Å². The summed E-state index contributed by atoms with van der Waals surface area (Å²) in [5, 5.41) is 1.81. The highest BCUT2D eigenvalue weighted by molar-refractivity contribution is 5.98. The fraction of sp³-hybridized carbons (Fsp3) is 0.286. The summed E-state index contributed by atoms with van der Waals surface area (Å²) >= 11 is 0. The fourth-order valence-electron chi connectivity index (χ4n) is 4.34. The second-order valence-corrected chi connectivity index (χ2v) is 9.12. The topological polar surface area (TPSA) is 92.2 Å². The first-order chi connectivity index (χ1) is 17.5. The molecule has 182 valence electrons. The number of nitrogens with zero attached hydrogens (tertiary/aromatic N) is 6. The van der Waals surface area contributed by atoms with Crippen molar-refractivity contribution in [3.8, 4) is 11.3 Å². The predicted octanol–water partition coefficient (Wildman–Crippen LogP) is 3.86. The van der Waals surface area contributed by atoms with Gasteiger partial charge in [0.2, 0.25) is 0 Å². The summed E-state index contributed by atoms with van der Waals surface area (Å²) in [4.78, 5) is 47.4. The molecule has 4 aromatic heterocycles. The number of carbonyl (C=O) groups excluding carboxylic acids is 2. The molecule has 1 aliphatic heterocycles. The third-order valence-corrected chi connectivity index (χ3v) is 6.57. The van der Waals surface area contributed by atoms with Gasteiger partial charge in [-0.1, -0.05) is 6.92 Å². The van der Waals surface area contributed by atoms with Gasteiger partial charge in [0.05, 0.1) is 12.1 Å². The lowest BCUT2D eigenvalue weighted by atomic mass is 10.0. The van der Waals surface area contributed by atoms with Gasteiger partial charge in [-0.05, 0) is 42.8 Å². The Hall–Kier alpha value is -4.04. The molecule has 0 bridgehead atoms. The smallest absolute Gasteiger partial charge is 0.169 e. The number of rotatable bonds is 7. The molecule has 0 saturated carbocycles. The van der Waals surface area contributed by atoms with E-state index in [9.17, 15) is 9.59 Å². The van der Waals surface area contributed by atoms with Crippen LogP contribution in [0.4, 0.5) is 5.82 Å². The van der Waals surface area contributed by atoms with Gasteiger partial charge < -0.3 is 9.80 Å². The Morgan fingerprint density at radius 1 is 0.833 bits per heavy atom. The molecule has 1 fully saturated rings. The molecule has 4 aromatic rings. The predicted molar refractivity (Wildman–Crippen MR) is 139 cm³/mol. The van der Waals surface area contributed by atoms with Crippen molar-refractivity contribution in [3.05, 3.63) is 78.1 Å². The average molecular weight is 481 g/mol. The van der Waals surface area contributed by atoms with Crippen molar-refractivity contribution in [3.63, 3.8) is 0 Å². The Balaban J connectivity index is 1.36. The number of pyridine rings is 4. The monoisotopic (exact) mass is 480 g/mol. The molecule has 0 unspecified atom stereocenters. The normalized spacial score (nSPS) is 14.2. The van der Waals surface area contributed by atoms with Gasteiger partial charge in [0.1, 0.15) is 5.82 Å². The van der Waals surface area contributed by atoms with Gasteiger partial charge in [0.15, 0.2) is 11.6 Å². The number of anilines is 1. The number of carbonyl (C=O) groups is 2. The molecular weight excluding hydrogens is 452 g/mol. The number of hydrogen-bond acceptors (Lipinski definition) is 8. The second kappa shape index (κ2) is 10.3. The molecule has 0 radical (unpaired) electrons. The summed E-state index contributed by atoms with van der Waals surface area (Å²) in [6.07, 6.45) is 9.11. The zero-order valence-electron chi connectivity index (χ0n) is 20.5. The Kier molecular flexibility index (Phi) is 6.77. The van der Waals surface area contributed by atoms with E-state index in [1.165, 1.54) is 0 Å². The first kappa shape index (κ1) is 23.7. The van der Waals surface area contributed by atoms with Crippen molar-refractivity contribution in [1.82, 2.24) is 24.8 Å². The number of hydrogen-bond donors (Lipinski definition) is 0. The number of Topliss-reactive ketones (excluding diaryl/α,β-unsaturated/α-hetero) is 2. The van der Waals surface area contributed by atoms with Gasteiger partial charge in [0.25, 0.3) is 0 Å². The van der Waals surface area contributed by atoms with Crippen molar-refractivity contribution < 1.29 is 9.59 Å². The summed E-state index contributed by atoms with van der Waals surface area (Å²) in [5.74, 6) is 0.888. The van der Waals surface area contributed by atoms with Gasteiger partial charge in [-0.2, -0.15) is 0 Å². The van der Waals surface area contributed by atoms with Crippen LogP contribution in [-0.2, 0) is 6.42 Å². The minimum Gasteiger partial charge on any atom is -0.354 e. The lowest BCUT2D eigenvalue weighted by molar-refractivity contribution is 0.0981. The second-order valence-electron chi connectivity index (χ2n) is 9.12. The molecule has 1 aliphatic rings. The largest absolute Gasteiger partial charge is 0.354 e. The first-order valence-corrected chi connectivity index (χ1v) is 12.2. The molecule has 8 nitrogen and oxygen atoms in total. The van der Waals surface area contributed by atoms with E-state index >= 15 is 0 Å². The van der Waals surface area contributed by atoms with E-state index in [1.54, 1.807) is 37.1 Å². The Morgan fingerprint density at radius 3 is 2.44 bits per heavy atom.